The number of anilines is 1. The molecule has 0 spiro atoms. The largest absolute Gasteiger partial charge is 0.356 e. The van der Waals surface area contributed by atoms with Crippen molar-refractivity contribution >= 4 is 17.4 Å². The van der Waals surface area contributed by atoms with Gasteiger partial charge < -0.3 is 4.90 Å². The summed E-state index contributed by atoms with van der Waals surface area (Å²) in [6, 6.07) is 0. The molecule has 1 aliphatic heterocycles. The van der Waals surface area contributed by atoms with Crippen LogP contribution in [0.1, 0.15) is 39.2 Å². The predicted molar refractivity (Wildman–Crippen MR) is 76.0 cm³/mol. The van der Waals surface area contributed by atoms with E-state index in [4.69, 9.17) is 11.6 Å². The van der Waals surface area contributed by atoms with Crippen LogP contribution in [0.3, 0.4) is 0 Å². The van der Waals surface area contributed by atoms with Gasteiger partial charge in [0.15, 0.2) is 0 Å². The van der Waals surface area contributed by atoms with Gasteiger partial charge in [0.05, 0.1) is 5.88 Å². The smallest absolute Gasteiger partial charge is 0.136 e. The van der Waals surface area contributed by atoms with E-state index in [-0.39, 0.29) is 0 Å². The quantitative estimate of drug-likeness (QED) is 0.769. The van der Waals surface area contributed by atoms with E-state index in [2.05, 4.69) is 35.6 Å². The number of rotatable bonds is 2. The number of nitrogens with zero attached hydrogens (tertiary/aromatic N) is 3. The third-order valence-corrected chi connectivity index (χ3v) is 4.22. The lowest BCUT2D eigenvalue weighted by Crippen LogP contribution is -2.38. The summed E-state index contributed by atoms with van der Waals surface area (Å²) >= 11 is 5.95. The second-order valence-corrected chi connectivity index (χ2v) is 6.40. The van der Waals surface area contributed by atoms with Gasteiger partial charge in [-0.25, -0.2) is 9.97 Å². The van der Waals surface area contributed by atoms with Crippen LogP contribution < -0.4 is 4.90 Å². The van der Waals surface area contributed by atoms with E-state index >= 15 is 0 Å². The molecule has 0 unspecified atom stereocenters. The molecule has 1 aliphatic rings. The lowest BCUT2D eigenvalue weighted by atomic mass is 9.75. The zero-order valence-corrected chi connectivity index (χ0v) is 12.2. The highest BCUT2D eigenvalue weighted by atomic mass is 35.5. The molecule has 0 saturated carbocycles. The van der Waals surface area contributed by atoms with Crippen molar-refractivity contribution in [3.05, 3.63) is 18.1 Å². The minimum absolute atomic E-state index is 0.410. The number of halogens is 1. The second-order valence-electron chi connectivity index (χ2n) is 6.13. The highest BCUT2D eigenvalue weighted by Crippen LogP contribution is 2.35. The van der Waals surface area contributed by atoms with Gasteiger partial charge in [-0.05, 0) is 24.2 Å². The Morgan fingerprint density at radius 1 is 1.33 bits per heavy atom. The fourth-order valence-corrected chi connectivity index (χ4v) is 2.88. The first kappa shape index (κ1) is 13.6. The molecule has 0 N–H and O–H groups in total. The number of hydrogen-bond donors (Lipinski definition) is 0. The third kappa shape index (κ3) is 2.94. The molecule has 18 heavy (non-hydrogen) atoms. The summed E-state index contributed by atoms with van der Waals surface area (Å²) < 4.78 is 0. The molecule has 0 aromatic carbocycles. The standard InChI is InChI=1S/C14H22ClN3/c1-14(2,3)12-4-6-18(7-5-12)13-11(8-15)9-16-10-17-13/h9-10,12H,4-8H2,1-3H3. The van der Waals surface area contributed by atoms with Gasteiger partial charge in [0.25, 0.3) is 0 Å². The van der Waals surface area contributed by atoms with Crippen LogP contribution in [0.5, 0.6) is 0 Å². The Bertz CT molecular complexity index is 392. The van der Waals surface area contributed by atoms with E-state index in [1.165, 1.54) is 12.8 Å². The summed E-state index contributed by atoms with van der Waals surface area (Å²) in [5.74, 6) is 2.30. The molecule has 1 saturated heterocycles. The first-order valence-electron chi connectivity index (χ1n) is 6.62. The average Bonchev–Trinajstić information content (AvgIpc) is 2.38. The van der Waals surface area contributed by atoms with Crippen LogP contribution in [0.15, 0.2) is 12.5 Å². The van der Waals surface area contributed by atoms with Crippen LogP contribution >= 0.6 is 11.6 Å². The maximum absolute atomic E-state index is 5.95. The molecule has 2 rings (SSSR count). The summed E-state index contributed by atoms with van der Waals surface area (Å²) in [5.41, 5.74) is 1.45. The SMILES string of the molecule is CC(C)(C)C1CCN(c2ncncc2CCl)CC1. The van der Waals surface area contributed by atoms with Gasteiger partial charge in [-0.15, -0.1) is 11.6 Å². The van der Waals surface area contributed by atoms with Crippen molar-refractivity contribution in [1.29, 1.82) is 0 Å². The van der Waals surface area contributed by atoms with E-state index in [1.807, 2.05) is 6.20 Å². The summed E-state index contributed by atoms with van der Waals surface area (Å²) in [4.78, 5) is 10.8. The van der Waals surface area contributed by atoms with Gasteiger partial charge in [0.2, 0.25) is 0 Å². The molecule has 3 nitrogen and oxygen atoms in total. The predicted octanol–water partition coefficient (Wildman–Crippen LogP) is 3.48. The van der Waals surface area contributed by atoms with Crippen LogP contribution in [0.4, 0.5) is 5.82 Å². The molecule has 0 atom stereocenters. The first-order chi connectivity index (χ1) is 8.52. The minimum Gasteiger partial charge on any atom is -0.356 e. The van der Waals surface area contributed by atoms with E-state index < -0.39 is 0 Å². The molecule has 1 aromatic heterocycles. The fourth-order valence-electron chi connectivity index (χ4n) is 2.69. The van der Waals surface area contributed by atoms with Gasteiger partial charge in [0, 0.05) is 24.8 Å². The second kappa shape index (κ2) is 5.43. The number of hydrogen-bond acceptors (Lipinski definition) is 3. The van der Waals surface area contributed by atoms with Gasteiger partial charge in [0.1, 0.15) is 12.1 Å². The number of piperidine rings is 1. The Hall–Kier alpha value is -0.830. The fraction of sp³-hybridized carbons (Fsp3) is 0.714. The van der Waals surface area contributed by atoms with Crippen LogP contribution in [0, 0.1) is 11.3 Å². The Morgan fingerprint density at radius 3 is 2.56 bits per heavy atom. The molecule has 0 radical (unpaired) electrons. The summed E-state index contributed by atoms with van der Waals surface area (Å²) in [6.07, 6.45) is 5.90. The van der Waals surface area contributed by atoms with Crippen molar-refractivity contribution in [3.8, 4) is 0 Å². The molecular weight excluding hydrogens is 246 g/mol. The minimum atomic E-state index is 0.410. The van der Waals surface area contributed by atoms with E-state index in [0.717, 1.165) is 30.4 Å². The molecule has 0 aliphatic carbocycles. The summed E-state index contributed by atoms with van der Waals surface area (Å²) in [6.45, 7) is 9.15. The zero-order chi connectivity index (χ0) is 13.2. The van der Waals surface area contributed by atoms with Crippen molar-refractivity contribution in [1.82, 2.24) is 9.97 Å². The third-order valence-electron chi connectivity index (χ3n) is 3.93. The maximum atomic E-state index is 5.95. The molecule has 0 amide bonds. The zero-order valence-electron chi connectivity index (χ0n) is 11.5. The molecular formula is C14H22ClN3. The Morgan fingerprint density at radius 2 is 2.00 bits per heavy atom. The van der Waals surface area contributed by atoms with Crippen molar-refractivity contribution in [2.45, 2.75) is 39.5 Å². The van der Waals surface area contributed by atoms with Crippen LogP contribution in [0.2, 0.25) is 0 Å². The van der Waals surface area contributed by atoms with Crippen LogP contribution in [-0.4, -0.2) is 23.1 Å². The van der Waals surface area contributed by atoms with Gasteiger partial charge in [-0.1, -0.05) is 20.8 Å². The summed E-state index contributed by atoms with van der Waals surface area (Å²) in [7, 11) is 0. The van der Waals surface area contributed by atoms with Crippen molar-refractivity contribution in [2.24, 2.45) is 11.3 Å². The lowest BCUT2D eigenvalue weighted by molar-refractivity contribution is 0.198. The Labute approximate surface area is 115 Å². The molecule has 1 fully saturated rings. The van der Waals surface area contributed by atoms with Gasteiger partial charge >= 0.3 is 0 Å². The maximum Gasteiger partial charge on any atom is 0.136 e. The Balaban J connectivity index is 2.06. The normalized spacial score (nSPS) is 18.1. The molecule has 4 heteroatoms. The van der Waals surface area contributed by atoms with E-state index in [9.17, 15) is 0 Å². The highest BCUT2D eigenvalue weighted by molar-refractivity contribution is 6.17. The van der Waals surface area contributed by atoms with Crippen molar-refractivity contribution < 1.29 is 0 Å². The van der Waals surface area contributed by atoms with E-state index in [1.54, 1.807) is 6.33 Å². The number of aromatic nitrogens is 2. The molecule has 0 bridgehead atoms. The van der Waals surface area contributed by atoms with Gasteiger partial charge in [-0.3, -0.25) is 0 Å². The molecule has 2 heterocycles. The first-order valence-corrected chi connectivity index (χ1v) is 7.15. The van der Waals surface area contributed by atoms with E-state index in [0.29, 0.717) is 11.3 Å². The van der Waals surface area contributed by atoms with Crippen LogP contribution in [0.25, 0.3) is 0 Å². The average molecular weight is 268 g/mol. The topological polar surface area (TPSA) is 29.0 Å². The number of alkyl halides is 1. The molecule has 1 aromatic rings. The molecule has 100 valence electrons. The van der Waals surface area contributed by atoms with Crippen LogP contribution in [-0.2, 0) is 5.88 Å². The monoisotopic (exact) mass is 267 g/mol. The summed E-state index contributed by atoms with van der Waals surface area (Å²) in [5, 5.41) is 0. The highest BCUT2D eigenvalue weighted by Gasteiger charge is 2.29. The van der Waals surface area contributed by atoms with Crippen molar-refractivity contribution in [3.63, 3.8) is 0 Å². The van der Waals surface area contributed by atoms with Crippen molar-refractivity contribution in [2.75, 3.05) is 18.0 Å². The lowest BCUT2D eigenvalue weighted by Gasteiger charge is -2.39. The van der Waals surface area contributed by atoms with Gasteiger partial charge in [-0.2, -0.15) is 0 Å². The Kier molecular flexibility index (Phi) is 4.10.